The Morgan fingerprint density at radius 2 is 2.25 bits per heavy atom. The highest BCUT2D eigenvalue weighted by Crippen LogP contribution is 2.32. The van der Waals surface area contributed by atoms with Gasteiger partial charge in [0.1, 0.15) is 5.82 Å². The minimum absolute atomic E-state index is 0.0502. The van der Waals surface area contributed by atoms with Crippen molar-refractivity contribution in [2.75, 3.05) is 6.54 Å². The van der Waals surface area contributed by atoms with Crippen molar-refractivity contribution in [3.05, 3.63) is 46.2 Å². The Hall–Kier alpha value is -2.21. The summed E-state index contributed by atoms with van der Waals surface area (Å²) < 4.78 is 0. The molecular formula is C18H20N4OS. The van der Waals surface area contributed by atoms with E-state index in [1.54, 1.807) is 11.3 Å². The number of aromatic amines is 1. The molecule has 1 aliphatic heterocycles. The summed E-state index contributed by atoms with van der Waals surface area (Å²) in [6.07, 6.45) is 3.28. The summed E-state index contributed by atoms with van der Waals surface area (Å²) in [5.41, 5.74) is 2.87. The highest BCUT2D eigenvalue weighted by molar-refractivity contribution is 7.09. The van der Waals surface area contributed by atoms with Crippen LogP contribution < -0.4 is 0 Å². The van der Waals surface area contributed by atoms with Gasteiger partial charge in [-0.3, -0.25) is 4.79 Å². The van der Waals surface area contributed by atoms with Crippen LogP contribution in [0.4, 0.5) is 0 Å². The summed E-state index contributed by atoms with van der Waals surface area (Å²) in [4.78, 5) is 27.3. The summed E-state index contributed by atoms with van der Waals surface area (Å²) in [6, 6.07) is 8.05. The van der Waals surface area contributed by atoms with E-state index in [4.69, 9.17) is 0 Å². The fraction of sp³-hybridized carbons (Fsp3) is 0.389. The van der Waals surface area contributed by atoms with Gasteiger partial charge < -0.3 is 9.88 Å². The van der Waals surface area contributed by atoms with E-state index in [1.807, 2.05) is 34.5 Å². The first kappa shape index (κ1) is 15.3. The molecule has 1 aromatic carbocycles. The van der Waals surface area contributed by atoms with Crippen molar-refractivity contribution in [3.8, 4) is 0 Å². The topological polar surface area (TPSA) is 61.9 Å². The van der Waals surface area contributed by atoms with Gasteiger partial charge in [-0.15, -0.1) is 11.3 Å². The smallest absolute Gasteiger partial charge is 0.229 e. The van der Waals surface area contributed by atoms with Gasteiger partial charge in [0.2, 0.25) is 5.91 Å². The number of para-hydroxylation sites is 2. The van der Waals surface area contributed by atoms with Crippen LogP contribution in [-0.2, 0) is 17.6 Å². The third-order valence-electron chi connectivity index (χ3n) is 4.53. The number of imidazole rings is 1. The van der Waals surface area contributed by atoms with E-state index >= 15 is 0 Å². The van der Waals surface area contributed by atoms with Crippen molar-refractivity contribution in [2.45, 2.75) is 38.6 Å². The summed E-state index contributed by atoms with van der Waals surface area (Å²) in [6.45, 7) is 2.88. The van der Waals surface area contributed by atoms with Crippen LogP contribution in [0.15, 0.2) is 29.6 Å². The van der Waals surface area contributed by atoms with E-state index in [1.165, 1.54) is 0 Å². The Bertz CT molecular complexity index is 836. The number of thiazole rings is 1. The average Bonchev–Trinajstić information content (AvgIpc) is 3.32. The Morgan fingerprint density at radius 3 is 3.04 bits per heavy atom. The summed E-state index contributed by atoms with van der Waals surface area (Å²) in [7, 11) is 0. The number of nitrogens with one attached hydrogen (secondary N) is 1. The molecule has 24 heavy (non-hydrogen) atoms. The number of benzene rings is 1. The van der Waals surface area contributed by atoms with Crippen molar-refractivity contribution < 1.29 is 4.79 Å². The van der Waals surface area contributed by atoms with E-state index in [2.05, 4.69) is 21.9 Å². The molecular weight excluding hydrogens is 320 g/mol. The summed E-state index contributed by atoms with van der Waals surface area (Å²) in [5.74, 6) is 1.04. The lowest BCUT2D eigenvalue weighted by Crippen LogP contribution is -2.32. The number of aryl methyl sites for hydroxylation is 1. The lowest BCUT2D eigenvalue weighted by molar-refractivity contribution is -0.131. The lowest BCUT2D eigenvalue weighted by Gasteiger charge is -2.22. The number of aromatic nitrogens is 3. The van der Waals surface area contributed by atoms with E-state index in [0.29, 0.717) is 6.42 Å². The van der Waals surface area contributed by atoms with E-state index in [0.717, 1.165) is 53.4 Å². The zero-order valence-corrected chi connectivity index (χ0v) is 14.5. The maximum atomic E-state index is 12.8. The molecule has 1 fully saturated rings. The summed E-state index contributed by atoms with van der Waals surface area (Å²) in [5, 5.41) is 3.09. The molecule has 3 aromatic rings. The van der Waals surface area contributed by atoms with Gasteiger partial charge in [0, 0.05) is 11.9 Å². The molecule has 0 spiro atoms. The SMILES string of the molecule is CCc1nc(CC(=O)N2CCC[C@@H]2c2nc3ccccc3[nH]2)cs1. The zero-order valence-electron chi connectivity index (χ0n) is 13.7. The van der Waals surface area contributed by atoms with Crippen LogP contribution in [0, 0.1) is 0 Å². The summed E-state index contributed by atoms with van der Waals surface area (Å²) >= 11 is 1.63. The molecule has 0 unspecified atom stereocenters. The molecule has 1 aliphatic rings. The molecule has 1 amide bonds. The van der Waals surface area contributed by atoms with Gasteiger partial charge in [-0.25, -0.2) is 9.97 Å². The van der Waals surface area contributed by atoms with Crippen molar-refractivity contribution >= 4 is 28.3 Å². The number of hydrogen-bond acceptors (Lipinski definition) is 4. The third kappa shape index (κ3) is 2.82. The first-order valence-electron chi connectivity index (χ1n) is 8.42. The number of rotatable bonds is 4. The van der Waals surface area contributed by atoms with Crippen LogP contribution in [0.1, 0.15) is 42.3 Å². The number of hydrogen-bond donors (Lipinski definition) is 1. The number of H-pyrrole nitrogens is 1. The maximum absolute atomic E-state index is 12.8. The second kappa shape index (κ2) is 6.36. The molecule has 0 saturated carbocycles. The molecule has 2 aromatic heterocycles. The van der Waals surface area contributed by atoms with Gasteiger partial charge in [0.05, 0.1) is 34.2 Å². The van der Waals surface area contributed by atoms with E-state index in [-0.39, 0.29) is 11.9 Å². The molecule has 1 saturated heterocycles. The van der Waals surface area contributed by atoms with Crippen molar-refractivity contribution in [2.24, 2.45) is 0 Å². The number of fused-ring (bicyclic) bond motifs is 1. The van der Waals surface area contributed by atoms with E-state index in [9.17, 15) is 4.79 Å². The maximum Gasteiger partial charge on any atom is 0.229 e. The minimum atomic E-state index is 0.0502. The number of likely N-dealkylation sites (tertiary alicyclic amines) is 1. The minimum Gasteiger partial charge on any atom is -0.340 e. The Balaban J connectivity index is 1.54. The molecule has 1 atom stereocenters. The van der Waals surface area contributed by atoms with Crippen LogP contribution in [0.5, 0.6) is 0 Å². The predicted molar refractivity (Wildman–Crippen MR) is 95.0 cm³/mol. The van der Waals surface area contributed by atoms with Gasteiger partial charge in [-0.05, 0) is 31.4 Å². The van der Waals surface area contributed by atoms with Gasteiger partial charge in [0.15, 0.2) is 0 Å². The highest BCUT2D eigenvalue weighted by atomic mass is 32.1. The van der Waals surface area contributed by atoms with Crippen LogP contribution in [0.3, 0.4) is 0 Å². The highest BCUT2D eigenvalue weighted by Gasteiger charge is 2.32. The molecule has 124 valence electrons. The average molecular weight is 340 g/mol. The quantitative estimate of drug-likeness (QED) is 0.791. The van der Waals surface area contributed by atoms with Gasteiger partial charge in [-0.2, -0.15) is 0 Å². The Morgan fingerprint density at radius 1 is 1.38 bits per heavy atom. The molecule has 0 bridgehead atoms. The first-order valence-corrected chi connectivity index (χ1v) is 9.30. The number of amides is 1. The van der Waals surface area contributed by atoms with Crippen molar-refractivity contribution in [1.29, 1.82) is 0 Å². The molecule has 3 heterocycles. The zero-order chi connectivity index (χ0) is 16.5. The van der Waals surface area contributed by atoms with Crippen molar-refractivity contribution in [3.63, 3.8) is 0 Å². The van der Waals surface area contributed by atoms with Gasteiger partial charge in [0.25, 0.3) is 0 Å². The Labute approximate surface area is 144 Å². The van der Waals surface area contributed by atoms with Crippen LogP contribution >= 0.6 is 11.3 Å². The standard InChI is InChI=1S/C18H20N4OS/c1-2-16-19-12(11-24-16)10-17(23)22-9-5-8-15(22)18-20-13-6-3-4-7-14(13)21-18/h3-4,6-7,11,15H,2,5,8-10H2,1H3,(H,20,21)/t15-/m1/s1. The van der Waals surface area contributed by atoms with Crippen LogP contribution in [0.2, 0.25) is 0 Å². The molecule has 0 radical (unpaired) electrons. The largest absolute Gasteiger partial charge is 0.340 e. The van der Waals surface area contributed by atoms with E-state index < -0.39 is 0 Å². The number of nitrogens with zero attached hydrogens (tertiary/aromatic N) is 3. The number of carbonyl (C=O) groups excluding carboxylic acids is 1. The molecule has 5 nitrogen and oxygen atoms in total. The van der Waals surface area contributed by atoms with Gasteiger partial charge in [-0.1, -0.05) is 19.1 Å². The lowest BCUT2D eigenvalue weighted by atomic mass is 10.2. The van der Waals surface area contributed by atoms with Crippen LogP contribution in [0.25, 0.3) is 11.0 Å². The second-order valence-electron chi connectivity index (χ2n) is 6.15. The fourth-order valence-electron chi connectivity index (χ4n) is 3.33. The predicted octanol–water partition coefficient (Wildman–Crippen LogP) is 3.49. The fourth-order valence-corrected chi connectivity index (χ4v) is 4.07. The normalized spacial score (nSPS) is 17.7. The number of carbonyl (C=O) groups is 1. The molecule has 1 N–H and O–H groups in total. The Kier molecular flexibility index (Phi) is 4.06. The second-order valence-corrected chi connectivity index (χ2v) is 7.09. The molecule has 0 aliphatic carbocycles. The van der Waals surface area contributed by atoms with Crippen LogP contribution in [-0.4, -0.2) is 32.3 Å². The molecule has 4 rings (SSSR count). The monoisotopic (exact) mass is 340 g/mol. The first-order chi connectivity index (χ1) is 11.7. The third-order valence-corrected chi connectivity index (χ3v) is 5.57. The molecule has 6 heteroatoms. The van der Waals surface area contributed by atoms with Gasteiger partial charge >= 0.3 is 0 Å². The van der Waals surface area contributed by atoms with Crippen molar-refractivity contribution in [1.82, 2.24) is 19.9 Å².